The molecule has 1 heterocycles. The lowest BCUT2D eigenvalue weighted by atomic mass is 9.93. The van der Waals surface area contributed by atoms with Crippen LogP contribution in [0.3, 0.4) is 0 Å². The zero-order chi connectivity index (χ0) is 12.1. The summed E-state index contributed by atoms with van der Waals surface area (Å²) >= 11 is 0. The lowest BCUT2D eigenvalue weighted by molar-refractivity contribution is 0.444. The van der Waals surface area contributed by atoms with Crippen molar-refractivity contribution in [1.82, 2.24) is 15.1 Å². The van der Waals surface area contributed by atoms with Gasteiger partial charge in [0, 0.05) is 23.8 Å². The van der Waals surface area contributed by atoms with Crippen LogP contribution in [0.2, 0.25) is 0 Å². The van der Waals surface area contributed by atoms with Gasteiger partial charge in [0.15, 0.2) is 0 Å². The molecule has 0 saturated heterocycles. The first-order valence-corrected chi connectivity index (χ1v) is 7.14. The second kappa shape index (κ2) is 6.20. The summed E-state index contributed by atoms with van der Waals surface area (Å²) in [5.74, 6) is 0. The fourth-order valence-electron chi connectivity index (χ4n) is 2.65. The van der Waals surface area contributed by atoms with Crippen LogP contribution >= 0.6 is 0 Å². The van der Waals surface area contributed by atoms with Gasteiger partial charge in [0.2, 0.25) is 0 Å². The molecular weight excluding hydrogens is 210 g/mol. The van der Waals surface area contributed by atoms with Crippen molar-refractivity contribution in [2.75, 3.05) is 6.54 Å². The summed E-state index contributed by atoms with van der Waals surface area (Å²) in [5.41, 5.74) is 2.94. The van der Waals surface area contributed by atoms with Crippen LogP contribution in [0.1, 0.15) is 63.3 Å². The van der Waals surface area contributed by atoms with Crippen LogP contribution in [0.4, 0.5) is 0 Å². The second-order valence-corrected chi connectivity index (χ2v) is 5.02. The third-order valence-corrected chi connectivity index (χ3v) is 3.63. The molecule has 0 bridgehead atoms. The van der Waals surface area contributed by atoms with Crippen LogP contribution in [0.25, 0.3) is 0 Å². The van der Waals surface area contributed by atoms with Crippen LogP contribution in [0.15, 0.2) is 6.20 Å². The maximum absolute atomic E-state index is 4.57. The van der Waals surface area contributed by atoms with E-state index in [-0.39, 0.29) is 0 Å². The van der Waals surface area contributed by atoms with Gasteiger partial charge in [-0.25, -0.2) is 0 Å². The van der Waals surface area contributed by atoms with Crippen molar-refractivity contribution in [1.29, 1.82) is 0 Å². The molecule has 0 fully saturated rings. The fourth-order valence-corrected chi connectivity index (χ4v) is 2.65. The lowest BCUT2D eigenvalue weighted by Crippen LogP contribution is -2.26. The highest BCUT2D eigenvalue weighted by atomic mass is 15.3. The van der Waals surface area contributed by atoms with Crippen LogP contribution in [0, 0.1) is 0 Å². The van der Waals surface area contributed by atoms with E-state index < -0.39 is 0 Å². The van der Waals surface area contributed by atoms with E-state index >= 15 is 0 Å². The standard InChI is InChI=1S/C14H25N3/c1-3-5-10-17-14-8-6-7-13(15-9-4-2)12(14)11-16-17/h11,13,15H,3-10H2,1-2H3. The summed E-state index contributed by atoms with van der Waals surface area (Å²) in [7, 11) is 0. The second-order valence-electron chi connectivity index (χ2n) is 5.02. The maximum atomic E-state index is 4.57. The van der Waals surface area contributed by atoms with Gasteiger partial charge in [0.1, 0.15) is 0 Å². The Morgan fingerprint density at radius 3 is 3.06 bits per heavy atom. The Morgan fingerprint density at radius 1 is 1.41 bits per heavy atom. The lowest BCUT2D eigenvalue weighted by Gasteiger charge is -2.24. The molecule has 0 saturated carbocycles. The molecule has 17 heavy (non-hydrogen) atoms. The molecule has 1 aromatic heterocycles. The van der Waals surface area contributed by atoms with Gasteiger partial charge in [-0.1, -0.05) is 20.3 Å². The Hall–Kier alpha value is -0.830. The maximum Gasteiger partial charge on any atom is 0.0540 e. The van der Waals surface area contributed by atoms with Crippen molar-refractivity contribution in [2.24, 2.45) is 0 Å². The number of aromatic nitrogens is 2. The van der Waals surface area contributed by atoms with Crippen molar-refractivity contribution >= 4 is 0 Å². The Balaban J connectivity index is 2.07. The predicted octanol–water partition coefficient (Wildman–Crippen LogP) is 3.06. The molecule has 1 N–H and O–H groups in total. The molecule has 0 spiro atoms. The van der Waals surface area contributed by atoms with Gasteiger partial charge in [-0.15, -0.1) is 0 Å². The molecule has 3 heteroatoms. The Kier molecular flexibility index (Phi) is 4.60. The topological polar surface area (TPSA) is 29.9 Å². The van der Waals surface area contributed by atoms with E-state index in [1.807, 2.05) is 0 Å². The van der Waals surface area contributed by atoms with Crippen LogP contribution in [0.5, 0.6) is 0 Å². The van der Waals surface area contributed by atoms with Crippen LogP contribution in [-0.4, -0.2) is 16.3 Å². The number of nitrogens with zero attached hydrogens (tertiary/aromatic N) is 2. The van der Waals surface area contributed by atoms with E-state index in [9.17, 15) is 0 Å². The molecule has 1 aromatic rings. The summed E-state index contributed by atoms with van der Waals surface area (Å²) in [6.07, 6.45) is 9.56. The number of hydrogen-bond acceptors (Lipinski definition) is 2. The van der Waals surface area contributed by atoms with Gasteiger partial charge in [-0.3, -0.25) is 4.68 Å². The molecule has 1 aliphatic carbocycles. The zero-order valence-corrected chi connectivity index (χ0v) is 11.2. The molecule has 96 valence electrons. The fraction of sp³-hybridized carbons (Fsp3) is 0.786. The Morgan fingerprint density at radius 2 is 2.29 bits per heavy atom. The van der Waals surface area contributed by atoms with E-state index in [1.54, 1.807) is 0 Å². The largest absolute Gasteiger partial charge is 0.310 e. The third kappa shape index (κ3) is 2.89. The minimum atomic E-state index is 0.550. The molecule has 3 nitrogen and oxygen atoms in total. The van der Waals surface area contributed by atoms with E-state index in [1.165, 1.54) is 49.8 Å². The van der Waals surface area contributed by atoms with Gasteiger partial charge < -0.3 is 5.32 Å². The Labute approximate surface area is 105 Å². The average molecular weight is 235 g/mol. The van der Waals surface area contributed by atoms with Crippen molar-refractivity contribution in [3.63, 3.8) is 0 Å². The van der Waals surface area contributed by atoms with E-state index in [0.29, 0.717) is 6.04 Å². The smallest absolute Gasteiger partial charge is 0.0540 e. The molecule has 0 aliphatic heterocycles. The monoisotopic (exact) mass is 235 g/mol. The number of hydrogen-bond donors (Lipinski definition) is 1. The quantitative estimate of drug-likeness (QED) is 0.821. The first-order valence-electron chi connectivity index (χ1n) is 7.14. The van der Waals surface area contributed by atoms with Crippen molar-refractivity contribution in [2.45, 2.75) is 65.0 Å². The van der Waals surface area contributed by atoms with Gasteiger partial charge in [0.25, 0.3) is 0 Å². The SMILES string of the molecule is CCCCn1ncc2c1CCCC2NCCC. The summed E-state index contributed by atoms with van der Waals surface area (Å²) in [4.78, 5) is 0. The highest BCUT2D eigenvalue weighted by Crippen LogP contribution is 2.29. The van der Waals surface area contributed by atoms with E-state index in [4.69, 9.17) is 0 Å². The molecule has 0 aromatic carbocycles. The normalized spacial score (nSPS) is 19.3. The van der Waals surface area contributed by atoms with Gasteiger partial charge in [0.05, 0.1) is 6.20 Å². The first kappa shape index (κ1) is 12.6. The molecule has 1 aliphatic rings. The minimum absolute atomic E-state index is 0.550. The number of aryl methyl sites for hydroxylation is 1. The van der Waals surface area contributed by atoms with Crippen molar-refractivity contribution in [3.05, 3.63) is 17.5 Å². The summed E-state index contributed by atoms with van der Waals surface area (Å²) < 4.78 is 2.23. The highest BCUT2D eigenvalue weighted by Gasteiger charge is 2.23. The average Bonchev–Trinajstić information content (AvgIpc) is 2.77. The van der Waals surface area contributed by atoms with Crippen molar-refractivity contribution < 1.29 is 0 Å². The molecule has 0 radical (unpaired) electrons. The molecule has 1 atom stereocenters. The predicted molar refractivity (Wildman–Crippen MR) is 71.1 cm³/mol. The Bertz CT molecular complexity index is 343. The number of fused-ring (bicyclic) bond motifs is 1. The highest BCUT2D eigenvalue weighted by molar-refractivity contribution is 5.24. The molecule has 1 unspecified atom stereocenters. The number of rotatable bonds is 6. The summed E-state index contributed by atoms with van der Waals surface area (Å²) in [6.45, 7) is 6.67. The van der Waals surface area contributed by atoms with E-state index in [2.05, 4.69) is 35.1 Å². The van der Waals surface area contributed by atoms with Gasteiger partial charge in [-0.2, -0.15) is 5.10 Å². The van der Waals surface area contributed by atoms with Crippen LogP contribution in [-0.2, 0) is 13.0 Å². The zero-order valence-electron chi connectivity index (χ0n) is 11.2. The van der Waals surface area contributed by atoms with Gasteiger partial charge in [-0.05, 0) is 38.6 Å². The van der Waals surface area contributed by atoms with E-state index in [0.717, 1.165) is 13.1 Å². The number of nitrogens with one attached hydrogen (secondary N) is 1. The summed E-state index contributed by atoms with van der Waals surface area (Å²) in [5, 5.41) is 8.21. The molecule has 2 rings (SSSR count). The van der Waals surface area contributed by atoms with Crippen LogP contribution < -0.4 is 5.32 Å². The summed E-state index contributed by atoms with van der Waals surface area (Å²) in [6, 6.07) is 0.550. The first-order chi connectivity index (χ1) is 8.36. The number of unbranched alkanes of at least 4 members (excludes halogenated alkanes) is 1. The molecule has 0 amide bonds. The minimum Gasteiger partial charge on any atom is -0.310 e. The third-order valence-electron chi connectivity index (χ3n) is 3.63. The molecular formula is C14H25N3. The van der Waals surface area contributed by atoms with Crippen molar-refractivity contribution in [3.8, 4) is 0 Å². The van der Waals surface area contributed by atoms with Gasteiger partial charge >= 0.3 is 0 Å².